The van der Waals surface area contributed by atoms with Crippen LogP contribution in [0.2, 0.25) is 0 Å². The fourth-order valence-electron chi connectivity index (χ4n) is 3.84. The molecule has 1 amide bonds. The third kappa shape index (κ3) is 2.31. The molecule has 0 saturated carbocycles. The van der Waals surface area contributed by atoms with Crippen molar-refractivity contribution < 1.29 is 4.79 Å². The Balaban J connectivity index is 1.72. The van der Waals surface area contributed by atoms with Crippen LogP contribution >= 0.6 is 0 Å². The van der Waals surface area contributed by atoms with Crippen LogP contribution in [0.15, 0.2) is 46.8 Å². The van der Waals surface area contributed by atoms with Gasteiger partial charge in [0.15, 0.2) is 0 Å². The van der Waals surface area contributed by atoms with Gasteiger partial charge in [-0.1, -0.05) is 18.2 Å². The highest BCUT2D eigenvalue weighted by molar-refractivity contribution is 6.12. The van der Waals surface area contributed by atoms with Crippen molar-refractivity contribution in [3.63, 3.8) is 0 Å². The predicted molar refractivity (Wildman–Crippen MR) is 95.7 cm³/mol. The minimum atomic E-state index is 0.151. The van der Waals surface area contributed by atoms with Crippen molar-refractivity contribution in [3.05, 3.63) is 47.3 Å². The smallest absolute Gasteiger partial charge is 0.219 e. The van der Waals surface area contributed by atoms with Gasteiger partial charge in [0.25, 0.3) is 0 Å². The molecule has 2 aliphatic rings. The number of benzene rings is 1. The number of amides is 1. The fourth-order valence-corrected chi connectivity index (χ4v) is 3.84. The van der Waals surface area contributed by atoms with E-state index in [1.54, 1.807) is 6.92 Å². The maximum atomic E-state index is 11.7. The molecule has 24 heavy (non-hydrogen) atoms. The van der Waals surface area contributed by atoms with Gasteiger partial charge >= 0.3 is 0 Å². The van der Waals surface area contributed by atoms with Crippen LogP contribution in [0.25, 0.3) is 10.9 Å². The summed E-state index contributed by atoms with van der Waals surface area (Å²) in [5.41, 5.74) is 6.07. The summed E-state index contributed by atoms with van der Waals surface area (Å²) in [7, 11) is 4.09. The lowest BCUT2D eigenvalue weighted by Gasteiger charge is -2.36. The molecule has 0 fully saturated rings. The molecule has 124 valence electrons. The molecule has 1 aromatic heterocycles. The predicted octanol–water partition coefficient (Wildman–Crippen LogP) is 2.72. The standard InChI is InChI=1S/C19H22N4O/c1-13(24)23-9-8-18-14(11-23)10-17(20-22(18)3)16-12-21(2)19-7-5-4-6-15(16)19/h4-7,12H,8-11H2,1-3H3. The number of hydrazone groups is 1. The lowest BCUT2D eigenvalue weighted by molar-refractivity contribution is -0.128. The third-order valence-electron chi connectivity index (χ3n) is 5.10. The van der Waals surface area contributed by atoms with Gasteiger partial charge in [0.05, 0.1) is 5.71 Å². The largest absolute Gasteiger partial charge is 0.350 e. The molecular formula is C19H22N4O. The Morgan fingerprint density at radius 1 is 1.21 bits per heavy atom. The summed E-state index contributed by atoms with van der Waals surface area (Å²) in [6, 6.07) is 8.42. The molecule has 0 saturated heterocycles. The van der Waals surface area contributed by atoms with E-state index in [9.17, 15) is 4.79 Å². The average Bonchev–Trinajstić information content (AvgIpc) is 2.91. The summed E-state index contributed by atoms with van der Waals surface area (Å²) in [6.07, 6.45) is 3.86. The molecule has 0 spiro atoms. The average molecular weight is 322 g/mol. The van der Waals surface area contributed by atoms with E-state index in [4.69, 9.17) is 5.10 Å². The first-order valence-electron chi connectivity index (χ1n) is 8.36. The first kappa shape index (κ1) is 15.0. The van der Waals surface area contributed by atoms with Gasteiger partial charge in [0, 0.05) is 75.3 Å². The van der Waals surface area contributed by atoms with Gasteiger partial charge in [-0.25, -0.2) is 0 Å². The molecule has 0 N–H and O–H groups in total. The molecule has 3 heterocycles. The molecule has 1 aromatic carbocycles. The fraction of sp³-hybridized carbons (Fsp3) is 0.368. The Bertz CT molecular complexity index is 890. The first-order chi connectivity index (χ1) is 11.5. The highest BCUT2D eigenvalue weighted by Crippen LogP contribution is 2.31. The monoisotopic (exact) mass is 322 g/mol. The summed E-state index contributed by atoms with van der Waals surface area (Å²) in [4.78, 5) is 13.7. The second-order valence-corrected chi connectivity index (χ2v) is 6.66. The van der Waals surface area contributed by atoms with E-state index in [-0.39, 0.29) is 5.91 Å². The third-order valence-corrected chi connectivity index (χ3v) is 5.10. The number of hydrogen-bond acceptors (Lipinski definition) is 3. The van der Waals surface area contributed by atoms with Crippen molar-refractivity contribution in [2.45, 2.75) is 19.8 Å². The number of para-hydroxylation sites is 1. The van der Waals surface area contributed by atoms with Gasteiger partial charge < -0.3 is 9.47 Å². The van der Waals surface area contributed by atoms with E-state index >= 15 is 0 Å². The number of fused-ring (bicyclic) bond motifs is 1. The van der Waals surface area contributed by atoms with Crippen LogP contribution in [0.1, 0.15) is 25.3 Å². The highest BCUT2D eigenvalue weighted by Gasteiger charge is 2.28. The second kappa shape index (κ2) is 5.51. The van der Waals surface area contributed by atoms with E-state index in [0.717, 1.165) is 31.6 Å². The van der Waals surface area contributed by atoms with E-state index in [1.807, 2.05) is 17.0 Å². The zero-order chi connectivity index (χ0) is 16.8. The number of aromatic nitrogens is 1. The summed E-state index contributed by atoms with van der Waals surface area (Å²) < 4.78 is 2.15. The van der Waals surface area contributed by atoms with Gasteiger partial charge in [-0.3, -0.25) is 9.80 Å². The molecule has 4 rings (SSSR count). The number of carbonyl (C=O) groups excluding carboxylic acids is 1. The maximum absolute atomic E-state index is 11.7. The zero-order valence-corrected chi connectivity index (χ0v) is 14.4. The Morgan fingerprint density at radius 3 is 2.79 bits per heavy atom. The van der Waals surface area contributed by atoms with E-state index in [1.165, 1.54) is 27.7 Å². The van der Waals surface area contributed by atoms with Crippen LogP contribution in [0.4, 0.5) is 0 Å². The van der Waals surface area contributed by atoms with Crippen LogP contribution < -0.4 is 0 Å². The normalized spacial score (nSPS) is 18.0. The van der Waals surface area contributed by atoms with Crippen LogP contribution in [-0.2, 0) is 11.8 Å². The van der Waals surface area contributed by atoms with Crippen LogP contribution in [0.3, 0.4) is 0 Å². The summed E-state index contributed by atoms with van der Waals surface area (Å²) in [6.45, 7) is 3.16. The molecule has 2 aliphatic heterocycles. The van der Waals surface area contributed by atoms with E-state index in [0.29, 0.717) is 0 Å². The zero-order valence-electron chi connectivity index (χ0n) is 14.4. The Kier molecular flexibility index (Phi) is 3.44. The quantitative estimate of drug-likeness (QED) is 0.810. The van der Waals surface area contributed by atoms with Gasteiger partial charge in [-0.2, -0.15) is 5.10 Å². The van der Waals surface area contributed by atoms with Crippen LogP contribution in [-0.4, -0.2) is 46.2 Å². The summed E-state index contributed by atoms with van der Waals surface area (Å²) in [5, 5.41) is 8.08. The molecule has 5 nitrogen and oxygen atoms in total. The summed E-state index contributed by atoms with van der Waals surface area (Å²) in [5.74, 6) is 0.151. The SMILES string of the molecule is CC(=O)N1CCC2=C(CC(c3cn(C)c4ccccc34)=NN2C)C1. The minimum absolute atomic E-state index is 0.151. The first-order valence-corrected chi connectivity index (χ1v) is 8.36. The summed E-state index contributed by atoms with van der Waals surface area (Å²) >= 11 is 0. The van der Waals surface area contributed by atoms with Crippen LogP contribution in [0, 0.1) is 0 Å². The lowest BCUT2D eigenvalue weighted by atomic mass is 9.95. The second-order valence-electron chi connectivity index (χ2n) is 6.66. The Morgan fingerprint density at radius 2 is 2.00 bits per heavy atom. The molecule has 0 radical (unpaired) electrons. The Labute approximate surface area is 141 Å². The van der Waals surface area contributed by atoms with Crippen molar-refractivity contribution in [2.75, 3.05) is 20.1 Å². The maximum Gasteiger partial charge on any atom is 0.219 e. The molecule has 2 aromatic rings. The number of aryl methyl sites for hydroxylation is 1. The molecule has 0 bridgehead atoms. The van der Waals surface area contributed by atoms with Crippen molar-refractivity contribution in [1.29, 1.82) is 0 Å². The number of carbonyl (C=O) groups is 1. The van der Waals surface area contributed by atoms with Gasteiger partial charge in [0.1, 0.15) is 0 Å². The number of rotatable bonds is 1. The highest BCUT2D eigenvalue weighted by atomic mass is 16.2. The van der Waals surface area contributed by atoms with Crippen molar-refractivity contribution in [1.82, 2.24) is 14.5 Å². The van der Waals surface area contributed by atoms with Gasteiger partial charge in [0.2, 0.25) is 5.91 Å². The molecule has 0 atom stereocenters. The van der Waals surface area contributed by atoms with Crippen molar-refractivity contribution in [3.8, 4) is 0 Å². The van der Waals surface area contributed by atoms with Crippen molar-refractivity contribution >= 4 is 22.5 Å². The molecular weight excluding hydrogens is 300 g/mol. The van der Waals surface area contributed by atoms with Crippen molar-refractivity contribution in [2.24, 2.45) is 12.1 Å². The number of hydrogen-bond donors (Lipinski definition) is 0. The topological polar surface area (TPSA) is 40.8 Å². The van der Waals surface area contributed by atoms with E-state index < -0.39 is 0 Å². The number of nitrogens with zero attached hydrogens (tertiary/aromatic N) is 4. The molecule has 5 heteroatoms. The Hall–Kier alpha value is -2.56. The van der Waals surface area contributed by atoms with Gasteiger partial charge in [-0.05, 0) is 11.6 Å². The lowest BCUT2D eigenvalue weighted by Crippen LogP contribution is -2.39. The van der Waals surface area contributed by atoms with Gasteiger partial charge in [-0.15, -0.1) is 0 Å². The van der Waals surface area contributed by atoms with E-state index in [2.05, 4.69) is 42.1 Å². The van der Waals surface area contributed by atoms with Crippen LogP contribution in [0.5, 0.6) is 0 Å². The minimum Gasteiger partial charge on any atom is -0.350 e. The molecule has 0 aliphatic carbocycles. The molecule has 0 unspecified atom stereocenters.